The maximum absolute atomic E-state index is 14.3. The van der Waals surface area contributed by atoms with Gasteiger partial charge in [-0.2, -0.15) is 0 Å². The number of hydrogen-bond acceptors (Lipinski definition) is 4. The Balaban J connectivity index is 1.56. The van der Waals surface area contributed by atoms with Crippen LogP contribution in [0.15, 0.2) is 59.2 Å². The minimum absolute atomic E-state index is 0.0877. The maximum atomic E-state index is 14.3. The van der Waals surface area contributed by atoms with E-state index in [9.17, 15) is 13.6 Å². The molecule has 0 radical (unpaired) electrons. The standard InChI is InChI=1S/C24H25F2N3O2/c1-17(18-7-3-2-4-8-18)29(14-19-9-10-20(25)13-21(19)26)15-23-27-22(16-31-23)24(30)28-11-5-6-12-28/h2-4,7-10,13,16-17H,5-6,11-12,14-15H2,1H3. The van der Waals surface area contributed by atoms with Crippen LogP contribution in [0.1, 0.15) is 53.3 Å². The Bertz CT molecular complexity index is 1030. The molecule has 1 unspecified atom stereocenters. The summed E-state index contributed by atoms with van der Waals surface area (Å²) in [6.45, 7) is 4.00. The summed E-state index contributed by atoms with van der Waals surface area (Å²) in [6.07, 6.45) is 3.39. The van der Waals surface area contributed by atoms with Gasteiger partial charge in [0.05, 0.1) is 6.54 Å². The number of hydrogen-bond donors (Lipinski definition) is 0. The number of benzene rings is 2. The molecule has 1 saturated heterocycles. The van der Waals surface area contributed by atoms with Gasteiger partial charge in [-0.05, 0) is 31.4 Å². The zero-order valence-corrected chi connectivity index (χ0v) is 17.4. The zero-order chi connectivity index (χ0) is 21.8. The van der Waals surface area contributed by atoms with Crippen molar-refractivity contribution in [2.24, 2.45) is 0 Å². The highest BCUT2D eigenvalue weighted by Crippen LogP contribution is 2.26. The van der Waals surface area contributed by atoms with Gasteiger partial charge in [-0.3, -0.25) is 9.69 Å². The average Bonchev–Trinajstić information content (AvgIpc) is 3.47. The summed E-state index contributed by atoms with van der Waals surface area (Å²) in [5.74, 6) is -0.947. The summed E-state index contributed by atoms with van der Waals surface area (Å²) in [4.78, 5) is 20.7. The Morgan fingerprint density at radius 3 is 2.58 bits per heavy atom. The Kier molecular flexibility index (Phi) is 6.42. The van der Waals surface area contributed by atoms with Crippen molar-refractivity contribution in [1.82, 2.24) is 14.8 Å². The molecule has 2 heterocycles. The first kappa shape index (κ1) is 21.2. The number of rotatable bonds is 7. The highest BCUT2D eigenvalue weighted by Gasteiger charge is 2.24. The lowest BCUT2D eigenvalue weighted by molar-refractivity contribution is 0.0787. The normalized spacial score (nSPS) is 14.9. The molecule has 0 spiro atoms. The van der Waals surface area contributed by atoms with Gasteiger partial charge in [-0.15, -0.1) is 0 Å². The fraction of sp³-hybridized carbons (Fsp3) is 0.333. The van der Waals surface area contributed by atoms with E-state index >= 15 is 0 Å². The van der Waals surface area contributed by atoms with Gasteiger partial charge in [-0.1, -0.05) is 36.4 Å². The number of oxazole rings is 1. The number of halogens is 2. The molecule has 1 atom stereocenters. The van der Waals surface area contributed by atoms with E-state index < -0.39 is 11.6 Å². The van der Waals surface area contributed by atoms with Crippen molar-refractivity contribution in [2.45, 2.75) is 38.9 Å². The quantitative estimate of drug-likeness (QED) is 0.537. The topological polar surface area (TPSA) is 49.6 Å². The Labute approximate surface area is 180 Å². The third kappa shape index (κ3) is 4.99. The van der Waals surface area contributed by atoms with E-state index in [1.807, 2.05) is 42.2 Å². The van der Waals surface area contributed by atoms with Crippen molar-refractivity contribution in [2.75, 3.05) is 13.1 Å². The number of carbonyl (C=O) groups excluding carboxylic acids is 1. The van der Waals surface area contributed by atoms with Crippen LogP contribution >= 0.6 is 0 Å². The SMILES string of the molecule is CC(c1ccccc1)N(Cc1nc(C(=O)N2CCCC2)co1)Cc1ccc(F)cc1F. The monoisotopic (exact) mass is 425 g/mol. The number of likely N-dealkylation sites (tertiary alicyclic amines) is 1. The molecule has 3 aromatic rings. The molecule has 0 saturated carbocycles. The highest BCUT2D eigenvalue weighted by molar-refractivity contribution is 5.92. The molecule has 0 bridgehead atoms. The van der Waals surface area contributed by atoms with E-state index in [-0.39, 0.29) is 30.7 Å². The van der Waals surface area contributed by atoms with Gasteiger partial charge in [0.15, 0.2) is 5.69 Å². The molecule has 162 valence electrons. The largest absolute Gasteiger partial charge is 0.447 e. The Morgan fingerprint density at radius 1 is 1.13 bits per heavy atom. The molecule has 31 heavy (non-hydrogen) atoms. The van der Waals surface area contributed by atoms with Gasteiger partial charge >= 0.3 is 0 Å². The summed E-state index contributed by atoms with van der Waals surface area (Å²) >= 11 is 0. The fourth-order valence-electron chi connectivity index (χ4n) is 3.88. The first-order chi connectivity index (χ1) is 15.0. The van der Waals surface area contributed by atoms with Crippen molar-refractivity contribution in [3.8, 4) is 0 Å². The van der Waals surface area contributed by atoms with Crippen LogP contribution in [0, 0.1) is 11.6 Å². The maximum Gasteiger partial charge on any atom is 0.275 e. The fourth-order valence-corrected chi connectivity index (χ4v) is 3.88. The van der Waals surface area contributed by atoms with Crippen molar-refractivity contribution in [3.63, 3.8) is 0 Å². The first-order valence-electron chi connectivity index (χ1n) is 10.5. The smallest absolute Gasteiger partial charge is 0.275 e. The van der Waals surface area contributed by atoms with Crippen LogP contribution in [0.2, 0.25) is 0 Å². The molecule has 1 aliphatic heterocycles. The second-order valence-corrected chi connectivity index (χ2v) is 7.85. The molecule has 1 fully saturated rings. The van der Waals surface area contributed by atoms with Crippen LogP contribution in [-0.4, -0.2) is 33.8 Å². The Hall–Kier alpha value is -3.06. The molecule has 1 aliphatic rings. The molecule has 2 aromatic carbocycles. The first-order valence-corrected chi connectivity index (χ1v) is 10.5. The third-order valence-electron chi connectivity index (χ3n) is 5.72. The number of amides is 1. The van der Waals surface area contributed by atoms with E-state index in [1.165, 1.54) is 18.4 Å². The predicted molar refractivity (Wildman–Crippen MR) is 112 cm³/mol. The van der Waals surface area contributed by atoms with E-state index in [0.29, 0.717) is 11.5 Å². The van der Waals surface area contributed by atoms with Gasteiger partial charge in [-0.25, -0.2) is 13.8 Å². The Morgan fingerprint density at radius 2 is 1.87 bits per heavy atom. The zero-order valence-electron chi connectivity index (χ0n) is 17.4. The number of nitrogens with zero attached hydrogens (tertiary/aromatic N) is 3. The third-order valence-corrected chi connectivity index (χ3v) is 5.72. The van der Waals surface area contributed by atoms with Crippen LogP contribution in [0.4, 0.5) is 8.78 Å². The highest BCUT2D eigenvalue weighted by atomic mass is 19.1. The summed E-state index contributed by atoms with van der Waals surface area (Å²) in [5, 5.41) is 0. The molecule has 1 aromatic heterocycles. The van der Waals surface area contributed by atoms with Crippen molar-refractivity contribution >= 4 is 5.91 Å². The van der Waals surface area contributed by atoms with E-state index in [0.717, 1.165) is 37.6 Å². The summed E-state index contributed by atoms with van der Waals surface area (Å²) in [5.41, 5.74) is 1.71. The van der Waals surface area contributed by atoms with Crippen LogP contribution < -0.4 is 0 Å². The number of aromatic nitrogens is 1. The molecule has 7 heteroatoms. The summed E-state index contributed by atoms with van der Waals surface area (Å²) < 4.78 is 33.3. The van der Waals surface area contributed by atoms with Crippen molar-refractivity contribution in [3.05, 3.63) is 89.1 Å². The minimum Gasteiger partial charge on any atom is -0.447 e. The lowest BCUT2D eigenvalue weighted by Gasteiger charge is -2.28. The van der Waals surface area contributed by atoms with Gasteiger partial charge in [0.25, 0.3) is 5.91 Å². The van der Waals surface area contributed by atoms with Gasteiger partial charge in [0, 0.05) is 37.3 Å². The molecular weight excluding hydrogens is 400 g/mol. The lowest BCUT2D eigenvalue weighted by Crippen LogP contribution is -2.28. The predicted octanol–water partition coefficient (Wildman–Crippen LogP) is 4.95. The van der Waals surface area contributed by atoms with Gasteiger partial charge < -0.3 is 9.32 Å². The van der Waals surface area contributed by atoms with Crippen LogP contribution in [-0.2, 0) is 13.1 Å². The van der Waals surface area contributed by atoms with Crippen molar-refractivity contribution in [1.29, 1.82) is 0 Å². The molecular formula is C24H25F2N3O2. The average molecular weight is 425 g/mol. The summed E-state index contributed by atoms with van der Waals surface area (Å²) in [7, 11) is 0. The molecule has 5 nitrogen and oxygen atoms in total. The van der Waals surface area contributed by atoms with E-state index in [2.05, 4.69) is 4.98 Å². The molecule has 4 rings (SSSR count). The number of carbonyl (C=O) groups is 1. The minimum atomic E-state index is -0.610. The molecule has 0 N–H and O–H groups in total. The van der Waals surface area contributed by atoms with E-state index in [1.54, 1.807) is 4.90 Å². The van der Waals surface area contributed by atoms with Gasteiger partial charge in [0.2, 0.25) is 5.89 Å². The second kappa shape index (κ2) is 9.39. The van der Waals surface area contributed by atoms with Crippen LogP contribution in [0.25, 0.3) is 0 Å². The van der Waals surface area contributed by atoms with Crippen LogP contribution in [0.5, 0.6) is 0 Å². The van der Waals surface area contributed by atoms with Gasteiger partial charge in [0.1, 0.15) is 17.9 Å². The van der Waals surface area contributed by atoms with Crippen LogP contribution in [0.3, 0.4) is 0 Å². The summed E-state index contributed by atoms with van der Waals surface area (Å²) in [6, 6.07) is 13.3. The molecule has 0 aliphatic carbocycles. The van der Waals surface area contributed by atoms with E-state index in [4.69, 9.17) is 4.42 Å². The second-order valence-electron chi connectivity index (χ2n) is 7.85. The van der Waals surface area contributed by atoms with Crippen molar-refractivity contribution < 1.29 is 18.0 Å². The molecule has 1 amide bonds. The lowest BCUT2D eigenvalue weighted by atomic mass is 10.1.